The van der Waals surface area contributed by atoms with Gasteiger partial charge in [0.1, 0.15) is 0 Å². The third-order valence-corrected chi connectivity index (χ3v) is 4.68. The molecule has 0 amide bonds. The molecule has 3 rings (SSSR count). The molecule has 0 aromatic heterocycles. The summed E-state index contributed by atoms with van der Waals surface area (Å²) < 4.78 is 11.8. The molecular weight excluding hydrogens is 291 g/mol. The van der Waals surface area contributed by atoms with Gasteiger partial charge >= 0.3 is 7.12 Å². The number of hydrogen-bond acceptors (Lipinski definition) is 4. The summed E-state index contributed by atoms with van der Waals surface area (Å²) in [5.41, 5.74) is 0.233. The second kappa shape index (κ2) is 5.29. The largest absolute Gasteiger partial charge is 0.499 e. The predicted molar refractivity (Wildman–Crippen MR) is 88.6 cm³/mol. The normalized spacial score (nSPS) is 22.9. The Morgan fingerprint density at radius 1 is 0.870 bits per heavy atom. The zero-order chi connectivity index (χ0) is 16.8. The van der Waals surface area contributed by atoms with E-state index in [1.165, 1.54) is 12.2 Å². The predicted octanol–water partition coefficient (Wildman–Crippen LogP) is 2.78. The van der Waals surface area contributed by atoms with Crippen molar-refractivity contribution in [3.8, 4) is 0 Å². The standard InChI is InChI=1S/C18H19BO4/c1-17(2)18(3,4)23-19(22-17)15-11-13(20)10-14(16(15)21)12-8-6-5-7-9-12/h5-11H,1-4H3. The number of ketones is 2. The van der Waals surface area contributed by atoms with Gasteiger partial charge in [-0.15, -0.1) is 0 Å². The van der Waals surface area contributed by atoms with Crippen molar-refractivity contribution in [2.75, 3.05) is 0 Å². The Hall–Kier alpha value is -1.98. The van der Waals surface area contributed by atoms with Crippen LogP contribution >= 0.6 is 0 Å². The maximum atomic E-state index is 12.8. The van der Waals surface area contributed by atoms with E-state index in [4.69, 9.17) is 9.31 Å². The van der Waals surface area contributed by atoms with Gasteiger partial charge in [-0.05, 0) is 45.4 Å². The summed E-state index contributed by atoms with van der Waals surface area (Å²) in [5.74, 6) is -0.456. The van der Waals surface area contributed by atoms with Gasteiger partial charge in [-0.3, -0.25) is 9.59 Å². The lowest BCUT2D eigenvalue weighted by Crippen LogP contribution is -2.41. The number of carbonyl (C=O) groups is 2. The molecule has 1 aromatic rings. The van der Waals surface area contributed by atoms with E-state index in [0.717, 1.165) is 0 Å². The number of Topliss-reactive ketones (excluding diaryl/α,β-unsaturated/α-hetero) is 1. The van der Waals surface area contributed by atoms with Gasteiger partial charge < -0.3 is 9.31 Å². The summed E-state index contributed by atoms with van der Waals surface area (Å²) in [5, 5.41) is 0. The molecule has 0 spiro atoms. The molecule has 0 unspecified atom stereocenters. The monoisotopic (exact) mass is 310 g/mol. The lowest BCUT2D eigenvalue weighted by Gasteiger charge is -2.32. The molecular formula is C18H19BO4. The number of rotatable bonds is 2. The summed E-state index contributed by atoms with van der Waals surface area (Å²) in [4.78, 5) is 24.9. The van der Waals surface area contributed by atoms with Crippen molar-refractivity contribution in [2.45, 2.75) is 38.9 Å². The van der Waals surface area contributed by atoms with Gasteiger partial charge in [0, 0.05) is 11.0 Å². The maximum absolute atomic E-state index is 12.8. The molecule has 0 atom stereocenters. The van der Waals surface area contributed by atoms with Crippen molar-refractivity contribution in [3.05, 3.63) is 53.5 Å². The van der Waals surface area contributed by atoms with Crippen molar-refractivity contribution < 1.29 is 18.9 Å². The Labute approximate surface area is 136 Å². The van der Waals surface area contributed by atoms with Crippen LogP contribution in [0.5, 0.6) is 0 Å². The second-order valence-corrected chi connectivity index (χ2v) is 6.84. The quantitative estimate of drug-likeness (QED) is 0.622. The molecule has 2 aliphatic rings. The first-order valence-electron chi connectivity index (χ1n) is 7.64. The van der Waals surface area contributed by atoms with E-state index in [1.54, 1.807) is 0 Å². The van der Waals surface area contributed by atoms with E-state index in [1.807, 2.05) is 58.0 Å². The smallest absolute Gasteiger partial charge is 0.399 e. The first-order chi connectivity index (χ1) is 10.7. The summed E-state index contributed by atoms with van der Waals surface area (Å²) >= 11 is 0. The second-order valence-electron chi connectivity index (χ2n) is 6.84. The summed E-state index contributed by atoms with van der Waals surface area (Å²) in [6.07, 6.45) is 2.68. The van der Waals surface area contributed by atoms with Gasteiger partial charge in [-0.25, -0.2) is 0 Å². The molecule has 4 nitrogen and oxygen atoms in total. The van der Waals surface area contributed by atoms with Crippen LogP contribution in [0.2, 0.25) is 0 Å². The molecule has 1 aliphatic heterocycles. The molecule has 1 aliphatic carbocycles. The van der Waals surface area contributed by atoms with Gasteiger partial charge in [0.05, 0.1) is 11.2 Å². The van der Waals surface area contributed by atoms with E-state index in [2.05, 4.69) is 0 Å². The van der Waals surface area contributed by atoms with Crippen LogP contribution in [0.3, 0.4) is 0 Å². The van der Waals surface area contributed by atoms with Crippen LogP contribution in [0.25, 0.3) is 5.57 Å². The van der Waals surface area contributed by atoms with Gasteiger partial charge in [0.2, 0.25) is 0 Å². The SMILES string of the molecule is CC1(C)OB(C2=CC(=O)C=C(c3ccccc3)C2=O)OC1(C)C. The minimum Gasteiger partial charge on any atom is -0.399 e. The lowest BCUT2D eigenvalue weighted by atomic mass is 9.70. The molecule has 0 radical (unpaired) electrons. The first kappa shape index (κ1) is 15.9. The van der Waals surface area contributed by atoms with Gasteiger partial charge in [0.15, 0.2) is 11.6 Å². The molecule has 1 aromatic carbocycles. The van der Waals surface area contributed by atoms with Crippen LogP contribution in [0.1, 0.15) is 33.3 Å². The Kier molecular flexibility index (Phi) is 3.66. The molecule has 1 heterocycles. The Bertz CT molecular complexity index is 713. The average Bonchev–Trinajstić information content (AvgIpc) is 2.70. The van der Waals surface area contributed by atoms with Crippen molar-refractivity contribution in [1.82, 2.24) is 0 Å². The van der Waals surface area contributed by atoms with Crippen LogP contribution in [0, 0.1) is 0 Å². The first-order valence-corrected chi connectivity index (χ1v) is 7.64. The van der Waals surface area contributed by atoms with Crippen LogP contribution in [0.15, 0.2) is 48.0 Å². The van der Waals surface area contributed by atoms with E-state index in [-0.39, 0.29) is 17.0 Å². The van der Waals surface area contributed by atoms with Crippen LogP contribution in [-0.2, 0) is 18.9 Å². The molecule has 0 N–H and O–H groups in total. The molecule has 1 fully saturated rings. The summed E-state index contributed by atoms with van der Waals surface area (Å²) in [6.45, 7) is 7.65. The molecule has 118 valence electrons. The number of allylic oxidation sites excluding steroid dienone is 4. The topological polar surface area (TPSA) is 52.6 Å². The number of carbonyl (C=O) groups excluding carboxylic acids is 2. The van der Waals surface area contributed by atoms with Gasteiger partial charge in [0.25, 0.3) is 0 Å². The number of benzene rings is 1. The van der Waals surface area contributed by atoms with Crippen LogP contribution in [0.4, 0.5) is 0 Å². The van der Waals surface area contributed by atoms with Gasteiger partial charge in [-0.1, -0.05) is 30.3 Å². The molecule has 0 bridgehead atoms. The Morgan fingerprint density at radius 2 is 1.43 bits per heavy atom. The van der Waals surface area contributed by atoms with Crippen molar-refractivity contribution in [3.63, 3.8) is 0 Å². The van der Waals surface area contributed by atoms with E-state index < -0.39 is 18.3 Å². The minimum absolute atomic E-state index is 0.227. The van der Waals surface area contributed by atoms with Crippen molar-refractivity contribution in [2.24, 2.45) is 0 Å². The van der Waals surface area contributed by atoms with Gasteiger partial charge in [-0.2, -0.15) is 0 Å². The van der Waals surface area contributed by atoms with Crippen molar-refractivity contribution >= 4 is 24.3 Å². The fourth-order valence-corrected chi connectivity index (χ4v) is 2.60. The fraction of sp³-hybridized carbons (Fsp3) is 0.333. The van der Waals surface area contributed by atoms with E-state index >= 15 is 0 Å². The summed E-state index contributed by atoms with van der Waals surface area (Å²) in [6, 6.07) is 9.15. The molecule has 1 saturated heterocycles. The molecule has 0 saturated carbocycles. The van der Waals surface area contributed by atoms with Crippen LogP contribution in [-0.4, -0.2) is 29.9 Å². The third kappa shape index (κ3) is 2.71. The Balaban J connectivity index is 1.94. The van der Waals surface area contributed by atoms with Crippen LogP contribution < -0.4 is 0 Å². The zero-order valence-electron chi connectivity index (χ0n) is 13.8. The Morgan fingerprint density at radius 3 is 2.00 bits per heavy atom. The van der Waals surface area contributed by atoms with E-state index in [9.17, 15) is 9.59 Å². The zero-order valence-corrected chi connectivity index (χ0v) is 13.8. The minimum atomic E-state index is -0.830. The fourth-order valence-electron chi connectivity index (χ4n) is 2.60. The number of hydrogen-bond donors (Lipinski definition) is 0. The highest BCUT2D eigenvalue weighted by Gasteiger charge is 2.54. The van der Waals surface area contributed by atoms with Crippen molar-refractivity contribution in [1.29, 1.82) is 0 Å². The summed E-state index contributed by atoms with van der Waals surface area (Å²) in [7, 11) is -0.830. The maximum Gasteiger partial charge on any atom is 0.499 e. The lowest BCUT2D eigenvalue weighted by molar-refractivity contribution is -0.113. The molecule has 23 heavy (non-hydrogen) atoms. The third-order valence-electron chi connectivity index (χ3n) is 4.68. The highest BCUT2D eigenvalue weighted by Crippen LogP contribution is 2.40. The highest BCUT2D eigenvalue weighted by molar-refractivity contribution is 6.67. The van der Waals surface area contributed by atoms with E-state index in [0.29, 0.717) is 11.1 Å². The highest BCUT2D eigenvalue weighted by atomic mass is 16.7. The average molecular weight is 310 g/mol. The molecule has 5 heteroatoms.